The number of benzene rings is 3. The first-order chi connectivity index (χ1) is 13.7. The van der Waals surface area contributed by atoms with E-state index in [2.05, 4.69) is 0 Å². The summed E-state index contributed by atoms with van der Waals surface area (Å²) in [6.07, 6.45) is 0. The van der Waals surface area contributed by atoms with Crippen LogP contribution in [-0.4, -0.2) is 18.9 Å². The minimum absolute atomic E-state index is 0.143. The van der Waals surface area contributed by atoms with Gasteiger partial charge in [-0.05, 0) is 23.3 Å². The molecule has 3 aromatic carbocycles. The van der Waals surface area contributed by atoms with E-state index in [0.717, 1.165) is 11.1 Å². The Bertz CT molecular complexity index is 998. The maximum Gasteiger partial charge on any atom is 0.239 e. The number of imide groups is 1. The number of ether oxygens (including phenoxy) is 1. The van der Waals surface area contributed by atoms with Gasteiger partial charge in [-0.1, -0.05) is 66.7 Å². The highest BCUT2D eigenvalue weighted by Crippen LogP contribution is 2.68. The Morgan fingerprint density at radius 1 is 0.750 bits per heavy atom. The Hall–Kier alpha value is -3.40. The first kappa shape index (κ1) is 16.8. The Kier molecular flexibility index (Phi) is 3.63. The van der Waals surface area contributed by atoms with Crippen LogP contribution in [0.15, 0.2) is 84.9 Å². The molecule has 2 aliphatic rings. The fraction of sp³-hybridized carbons (Fsp3) is 0.167. The van der Waals surface area contributed by atoms with Crippen LogP contribution in [0.3, 0.4) is 0 Å². The van der Waals surface area contributed by atoms with E-state index < -0.39 is 5.41 Å². The van der Waals surface area contributed by atoms with Crippen molar-refractivity contribution < 1.29 is 14.3 Å². The number of methoxy groups -OCH3 is 1. The van der Waals surface area contributed by atoms with Crippen molar-refractivity contribution in [3.8, 4) is 5.75 Å². The molecule has 4 heteroatoms. The highest BCUT2D eigenvalue weighted by Gasteiger charge is 2.78. The van der Waals surface area contributed by atoms with Gasteiger partial charge in [-0.15, -0.1) is 0 Å². The lowest BCUT2D eigenvalue weighted by Gasteiger charge is -2.26. The van der Waals surface area contributed by atoms with E-state index in [9.17, 15) is 9.59 Å². The van der Waals surface area contributed by atoms with Gasteiger partial charge in [-0.2, -0.15) is 0 Å². The van der Waals surface area contributed by atoms with Gasteiger partial charge >= 0.3 is 0 Å². The quantitative estimate of drug-likeness (QED) is 0.657. The van der Waals surface area contributed by atoms with Crippen molar-refractivity contribution in [3.63, 3.8) is 0 Å². The summed E-state index contributed by atoms with van der Waals surface area (Å²) in [7, 11) is 1.57. The Morgan fingerprint density at radius 2 is 1.29 bits per heavy atom. The maximum atomic E-state index is 13.4. The molecule has 5 rings (SSSR count). The zero-order chi connectivity index (χ0) is 19.3. The van der Waals surface area contributed by atoms with E-state index in [1.807, 2.05) is 60.7 Å². The molecule has 0 aromatic heterocycles. The van der Waals surface area contributed by atoms with Gasteiger partial charge in [0.2, 0.25) is 11.8 Å². The fourth-order valence-corrected chi connectivity index (χ4v) is 4.77. The summed E-state index contributed by atoms with van der Waals surface area (Å²) in [6, 6.07) is 26.9. The molecule has 0 bridgehead atoms. The second-order valence-electron chi connectivity index (χ2n) is 7.27. The molecule has 138 valence electrons. The van der Waals surface area contributed by atoms with E-state index in [1.54, 1.807) is 31.4 Å². The van der Waals surface area contributed by atoms with Gasteiger partial charge in [-0.3, -0.25) is 9.59 Å². The van der Waals surface area contributed by atoms with Crippen LogP contribution in [0.5, 0.6) is 5.75 Å². The molecule has 1 saturated carbocycles. The molecular formula is C24H19NO3. The normalized spacial score (nSPS) is 22.1. The predicted octanol–water partition coefficient (Wildman–Crippen LogP) is 3.80. The second kappa shape index (κ2) is 6.06. The minimum Gasteiger partial charge on any atom is -0.497 e. The summed E-state index contributed by atoms with van der Waals surface area (Å²) in [4.78, 5) is 28.1. The molecule has 0 N–H and O–H groups in total. The molecule has 28 heavy (non-hydrogen) atoms. The third kappa shape index (κ3) is 2.12. The molecule has 4 nitrogen and oxygen atoms in total. The molecule has 2 atom stereocenters. The molecule has 2 fully saturated rings. The van der Waals surface area contributed by atoms with Gasteiger partial charge in [-0.25, -0.2) is 4.90 Å². The smallest absolute Gasteiger partial charge is 0.239 e. The maximum absolute atomic E-state index is 13.4. The Balaban J connectivity index is 1.60. The number of piperidine rings is 1. The summed E-state index contributed by atoms with van der Waals surface area (Å²) in [6.45, 7) is 0. The van der Waals surface area contributed by atoms with Gasteiger partial charge in [0.15, 0.2) is 0 Å². The number of hydrogen-bond acceptors (Lipinski definition) is 3. The van der Waals surface area contributed by atoms with E-state index >= 15 is 0 Å². The number of carbonyl (C=O) groups is 2. The van der Waals surface area contributed by atoms with Gasteiger partial charge < -0.3 is 4.74 Å². The zero-order valence-electron chi connectivity index (χ0n) is 15.4. The largest absolute Gasteiger partial charge is 0.497 e. The van der Waals surface area contributed by atoms with Crippen molar-refractivity contribution in [3.05, 3.63) is 96.1 Å². The molecule has 1 aliphatic carbocycles. The van der Waals surface area contributed by atoms with Crippen molar-refractivity contribution in [1.29, 1.82) is 0 Å². The van der Waals surface area contributed by atoms with Crippen molar-refractivity contribution in [2.24, 2.45) is 11.8 Å². The van der Waals surface area contributed by atoms with Gasteiger partial charge in [0.25, 0.3) is 0 Å². The summed E-state index contributed by atoms with van der Waals surface area (Å²) in [5.41, 5.74) is 2.02. The van der Waals surface area contributed by atoms with Crippen LogP contribution in [0, 0.1) is 11.8 Å². The third-order valence-corrected chi connectivity index (χ3v) is 5.99. The molecule has 1 saturated heterocycles. The number of anilines is 1. The lowest BCUT2D eigenvalue weighted by molar-refractivity contribution is -0.124. The van der Waals surface area contributed by atoms with Crippen LogP contribution < -0.4 is 9.64 Å². The molecule has 2 amide bonds. The number of rotatable bonds is 4. The number of carbonyl (C=O) groups excluding carboxylic acids is 2. The minimum atomic E-state index is -0.577. The van der Waals surface area contributed by atoms with Crippen LogP contribution in [0.25, 0.3) is 0 Å². The number of fused-ring (bicyclic) bond motifs is 1. The van der Waals surface area contributed by atoms with Crippen LogP contribution in [-0.2, 0) is 15.0 Å². The average Bonchev–Trinajstić information content (AvgIpc) is 3.39. The van der Waals surface area contributed by atoms with Crippen molar-refractivity contribution in [2.45, 2.75) is 5.41 Å². The molecule has 0 unspecified atom stereocenters. The Morgan fingerprint density at radius 3 is 1.79 bits per heavy atom. The Labute approximate surface area is 163 Å². The van der Waals surface area contributed by atoms with Crippen molar-refractivity contribution in [2.75, 3.05) is 12.0 Å². The zero-order valence-corrected chi connectivity index (χ0v) is 15.4. The lowest BCUT2D eigenvalue weighted by Crippen LogP contribution is -2.39. The monoisotopic (exact) mass is 369 g/mol. The first-order valence-corrected chi connectivity index (χ1v) is 9.32. The molecular weight excluding hydrogens is 350 g/mol. The number of nitrogens with zero attached hydrogens (tertiary/aromatic N) is 1. The van der Waals surface area contributed by atoms with Gasteiger partial charge in [0.1, 0.15) is 5.75 Å². The number of amides is 2. The van der Waals surface area contributed by atoms with Crippen LogP contribution in [0.1, 0.15) is 11.1 Å². The molecule has 0 radical (unpaired) electrons. The predicted molar refractivity (Wildman–Crippen MR) is 106 cm³/mol. The molecule has 1 aliphatic heterocycles. The molecule has 0 spiro atoms. The average molecular weight is 369 g/mol. The van der Waals surface area contributed by atoms with Crippen molar-refractivity contribution in [1.82, 2.24) is 0 Å². The summed E-state index contributed by atoms with van der Waals surface area (Å²) in [5.74, 6) is -0.421. The summed E-state index contributed by atoms with van der Waals surface area (Å²) < 4.78 is 5.25. The van der Waals surface area contributed by atoms with Gasteiger partial charge in [0, 0.05) is 11.5 Å². The highest BCUT2D eigenvalue weighted by atomic mass is 16.5. The van der Waals surface area contributed by atoms with Crippen LogP contribution in [0.4, 0.5) is 5.69 Å². The fourth-order valence-electron chi connectivity index (χ4n) is 4.77. The molecule has 3 aromatic rings. The van der Waals surface area contributed by atoms with E-state index in [4.69, 9.17) is 4.74 Å². The van der Waals surface area contributed by atoms with Gasteiger partial charge in [0.05, 0.1) is 24.6 Å². The van der Waals surface area contributed by atoms with Crippen LogP contribution in [0.2, 0.25) is 0 Å². The lowest BCUT2D eigenvalue weighted by atomic mass is 9.83. The van der Waals surface area contributed by atoms with E-state index in [1.165, 1.54) is 4.90 Å². The summed E-state index contributed by atoms with van der Waals surface area (Å²) >= 11 is 0. The highest BCUT2D eigenvalue weighted by molar-refractivity contribution is 6.27. The second-order valence-corrected chi connectivity index (χ2v) is 7.27. The topological polar surface area (TPSA) is 46.6 Å². The SMILES string of the molecule is COc1cccc(N2C(=O)[C@@H]3[C@@H](C2=O)C3(c2ccccc2)c2ccccc2)c1. The first-order valence-electron chi connectivity index (χ1n) is 9.32. The van der Waals surface area contributed by atoms with E-state index in [0.29, 0.717) is 11.4 Å². The summed E-state index contributed by atoms with van der Waals surface area (Å²) in [5, 5.41) is 0. The van der Waals surface area contributed by atoms with Crippen LogP contribution >= 0.6 is 0 Å². The van der Waals surface area contributed by atoms with Crippen molar-refractivity contribution >= 4 is 17.5 Å². The van der Waals surface area contributed by atoms with E-state index in [-0.39, 0.29) is 23.7 Å². The standard InChI is InChI=1S/C24H19NO3/c1-28-19-14-8-13-18(15-19)25-22(26)20-21(23(25)27)24(20,16-9-4-2-5-10-16)17-11-6-3-7-12-17/h2-15,20-21H,1H3/t20-,21-/m0/s1. The molecule has 1 heterocycles. The number of hydrogen-bond donors (Lipinski definition) is 0. The third-order valence-electron chi connectivity index (χ3n) is 5.99.